The van der Waals surface area contributed by atoms with Gasteiger partial charge >= 0.3 is 0 Å². The molecule has 0 aliphatic carbocycles. The summed E-state index contributed by atoms with van der Waals surface area (Å²) in [5.74, 6) is 0. The highest BCUT2D eigenvalue weighted by molar-refractivity contribution is 5.39. The van der Waals surface area contributed by atoms with Gasteiger partial charge in [0.05, 0.1) is 5.69 Å². The molecule has 0 amide bonds. The molecule has 1 aliphatic rings. The summed E-state index contributed by atoms with van der Waals surface area (Å²) in [6.07, 6.45) is 7.48. The van der Waals surface area contributed by atoms with Crippen LogP contribution in [0.5, 0.6) is 0 Å². The Morgan fingerprint density at radius 2 is 2.31 bits per heavy atom. The van der Waals surface area contributed by atoms with E-state index >= 15 is 0 Å². The molecule has 1 aliphatic heterocycles. The molecular weight excluding hydrogens is 198 g/mol. The van der Waals surface area contributed by atoms with E-state index in [1.54, 1.807) is 0 Å². The van der Waals surface area contributed by atoms with Crippen molar-refractivity contribution in [2.75, 3.05) is 13.1 Å². The second kappa shape index (κ2) is 4.26. The molecule has 1 fully saturated rings. The Balaban J connectivity index is 1.79. The fourth-order valence-electron chi connectivity index (χ4n) is 2.24. The molecule has 84 valence electrons. The number of likely N-dealkylation sites (tertiary alicyclic amines) is 1. The van der Waals surface area contributed by atoms with Crippen molar-refractivity contribution < 1.29 is 1.37 Å². The molecule has 3 rings (SSSR count). The quantitative estimate of drug-likeness (QED) is 0.768. The maximum Gasteiger partial charge on any atom is 0.137 e. The molecule has 3 heterocycles. The van der Waals surface area contributed by atoms with E-state index in [-0.39, 0.29) is 6.52 Å². The first-order valence-corrected chi connectivity index (χ1v) is 5.92. The van der Waals surface area contributed by atoms with E-state index in [1.807, 2.05) is 28.8 Å². The molecule has 1 saturated heterocycles. The lowest BCUT2D eigenvalue weighted by molar-refractivity contribution is 0.219. The predicted molar refractivity (Wildman–Crippen MR) is 64.3 cm³/mol. The fraction of sp³-hybridized carbons (Fsp3) is 0.462. The molecule has 2 aromatic heterocycles. The van der Waals surface area contributed by atoms with Crippen molar-refractivity contribution in [2.24, 2.45) is 0 Å². The van der Waals surface area contributed by atoms with Crippen molar-refractivity contribution >= 4 is 5.65 Å². The van der Waals surface area contributed by atoms with Crippen molar-refractivity contribution in [3.05, 3.63) is 36.3 Å². The number of hydrogen-bond acceptors (Lipinski definition) is 2. The zero-order valence-corrected chi connectivity index (χ0v) is 9.34. The van der Waals surface area contributed by atoms with Crippen molar-refractivity contribution in [2.45, 2.75) is 25.8 Å². The lowest BCUT2D eigenvalue weighted by atomic mass is 10.1. The van der Waals surface area contributed by atoms with Crippen LogP contribution in [0.3, 0.4) is 0 Å². The predicted octanol–water partition coefficient (Wildman–Crippen LogP) is 2.32. The van der Waals surface area contributed by atoms with Crippen LogP contribution in [0.15, 0.2) is 30.6 Å². The van der Waals surface area contributed by atoms with Crippen LogP contribution in [0.1, 0.15) is 26.3 Å². The van der Waals surface area contributed by atoms with Crippen LogP contribution in [-0.2, 0) is 6.54 Å². The van der Waals surface area contributed by atoms with E-state index in [1.165, 1.54) is 12.8 Å². The largest absolute Gasteiger partial charge is 0.307 e. The second-order valence-electron chi connectivity index (χ2n) is 4.35. The van der Waals surface area contributed by atoms with Crippen molar-refractivity contribution in [3.63, 3.8) is 0 Å². The van der Waals surface area contributed by atoms with E-state index in [9.17, 15) is 0 Å². The number of nitrogens with zero attached hydrogens (tertiary/aromatic N) is 3. The summed E-state index contributed by atoms with van der Waals surface area (Å²) < 4.78 is 10.0. The molecular formula is C13H17N3. The summed E-state index contributed by atoms with van der Waals surface area (Å²) in [5, 5.41) is 0. The maximum atomic E-state index is 8.00. The smallest absolute Gasteiger partial charge is 0.137 e. The molecule has 3 heteroatoms. The highest BCUT2D eigenvalue weighted by Gasteiger charge is 2.11. The Hall–Kier alpha value is -1.35. The third-order valence-corrected chi connectivity index (χ3v) is 3.07. The van der Waals surface area contributed by atoms with Gasteiger partial charge in [-0.3, -0.25) is 4.90 Å². The van der Waals surface area contributed by atoms with Gasteiger partial charge in [0.2, 0.25) is 0 Å². The molecule has 3 nitrogen and oxygen atoms in total. The zero-order valence-electron chi connectivity index (χ0n) is 10.3. The summed E-state index contributed by atoms with van der Waals surface area (Å²) in [4.78, 5) is 6.79. The molecule has 0 radical (unpaired) electrons. The van der Waals surface area contributed by atoms with Gasteiger partial charge in [0, 0.05) is 20.3 Å². The highest BCUT2D eigenvalue weighted by Crippen LogP contribution is 2.13. The number of piperidine rings is 1. The first-order chi connectivity index (χ1) is 8.33. The van der Waals surface area contributed by atoms with Gasteiger partial charge < -0.3 is 4.40 Å². The summed E-state index contributed by atoms with van der Waals surface area (Å²) in [6.45, 7) is 1.78. The van der Waals surface area contributed by atoms with Gasteiger partial charge in [-0.2, -0.15) is 0 Å². The van der Waals surface area contributed by atoms with Gasteiger partial charge in [-0.25, -0.2) is 4.98 Å². The van der Waals surface area contributed by atoms with E-state index in [0.717, 1.165) is 30.9 Å². The third kappa shape index (κ3) is 1.95. The van der Waals surface area contributed by atoms with Gasteiger partial charge in [0.1, 0.15) is 5.65 Å². The Labute approximate surface area is 97.1 Å². The molecule has 0 aromatic carbocycles. The minimum Gasteiger partial charge on any atom is -0.307 e. The fourth-order valence-corrected chi connectivity index (χ4v) is 2.24. The van der Waals surface area contributed by atoms with E-state index < -0.39 is 0 Å². The van der Waals surface area contributed by atoms with Crippen LogP contribution in [0.4, 0.5) is 0 Å². The van der Waals surface area contributed by atoms with Crippen LogP contribution < -0.4 is 0 Å². The molecule has 1 unspecified atom stereocenters. The summed E-state index contributed by atoms with van der Waals surface area (Å²) in [6, 6.07) is 6.02. The summed E-state index contributed by atoms with van der Waals surface area (Å²) >= 11 is 0. The lowest BCUT2D eigenvalue weighted by Crippen LogP contribution is -2.29. The maximum absolute atomic E-state index is 8.00. The molecule has 1 atom stereocenters. The van der Waals surface area contributed by atoms with Gasteiger partial charge in [-0.05, 0) is 38.0 Å². The first kappa shape index (κ1) is 8.76. The number of imidazole rings is 1. The van der Waals surface area contributed by atoms with Gasteiger partial charge in [0.25, 0.3) is 0 Å². The van der Waals surface area contributed by atoms with Crippen LogP contribution >= 0.6 is 0 Å². The molecule has 16 heavy (non-hydrogen) atoms. The second-order valence-corrected chi connectivity index (χ2v) is 4.35. The zero-order chi connectivity index (χ0) is 11.7. The number of rotatable bonds is 2. The van der Waals surface area contributed by atoms with Crippen molar-refractivity contribution in [3.8, 4) is 0 Å². The molecule has 0 bridgehead atoms. The number of hydrogen-bond donors (Lipinski definition) is 0. The third-order valence-electron chi connectivity index (χ3n) is 3.07. The minimum absolute atomic E-state index is 0.0476. The number of pyridine rings is 1. The Morgan fingerprint density at radius 1 is 1.31 bits per heavy atom. The van der Waals surface area contributed by atoms with Gasteiger partial charge in [-0.15, -0.1) is 0 Å². The van der Waals surface area contributed by atoms with Crippen LogP contribution in [0, 0.1) is 0 Å². The molecule has 0 N–H and O–H groups in total. The first-order valence-electron chi connectivity index (χ1n) is 6.49. The SMILES string of the molecule is [2H]C1CCCCN1Cc1cn2ccccc2n1. The van der Waals surface area contributed by atoms with Crippen LogP contribution in [-0.4, -0.2) is 27.4 Å². The van der Waals surface area contributed by atoms with Gasteiger partial charge in [-0.1, -0.05) is 12.5 Å². The monoisotopic (exact) mass is 216 g/mol. The average molecular weight is 216 g/mol. The van der Waals surface area contributed by atoms with E-state index in [2.05, 4.69) is 16.1 Å². The Bertz CT molecular complexity index is 475. The van der Waals surface area contributed by atoms with Gasteiger partial charge in [0.15, 0.2) is 0 Å². The standard InChI is InChI=1S/C13H17N3/c1-3-7-15(8-4-1)10-12-11-16-9-5-2-6-13(16)14-12/h2,5-6,9,11H,1,3-4,7-8,10H2/i7D. The normalized spacial score (nSPS) is 23.5. The summed E-state index contributed by atoms with van der Waals surface area (Å²) in [5.41, 5.74) is 2.05. The average Bonchev–Trinajstić information content (AvgIpc) is 2.74. The minimum atomic E-state index is -0.0476. The van der Waals surface area contributed by atoms with E-state index in [4.69, 9.17) is 1.37 Å². The van der Waals surface area contributed by atoms with Crippen molar-refractivity contribution in [1.82, 2.24) is 14.3 Å². The molecule has 0 spiro atoms. The molecule has 0 saturated carbocycles. The number of fused-ring (bicyclic) bond motifs is 1. The number of aromatic nitrogens is 2. The van der Waals surface area contributed by atoms with Crippen LogP contribution in [0.25, 0.3) is 5.65 Å². The Kier molecular flexibility index (Phi) is 2.33. The Morgan fingerprint density at radius 3 is 3.19 bits per heavy atom. The van der Waals surface area contributed by atoms with Crippen LogP contribution in [0.2, 0.25) is 0 Å². The highest BCUT2D eigenvalue weighted by atomic mass is 15.1. The summed E-state index contributed by atoms with van der Waals surface area (Å²) in [7, 11) is 0. The van der Waals surface area contributed by atoms with E-state index in [0.29, 0.717) is 0 Å². The topological polar surface area (TPSA) is 20.5 Å². The lowest BCUT2D eigenvalue weighted by Gasteiger charge is -2.25. The molecule has 2 aromatic rings. The van der Waals surface area contributed by atoms with Crippen molar-refractivity contribution in [1.29, 1.82) is 0 Å².